The van der Waals surface area contributed by atoms with Gasteiger partial charge in [-0.15, -0.1) is 0 Å². The molecule has 0 fully saturated rings. The highest BCUT2D eigenvalue weighted by atomic mass is 32.2. The van der Waals surface area contributed by atoms with Crippen LogP contribution in [0.15, 0.2) is 91.4 Å². The topological polar surface area (TPSA) is 221 Å². The van der Waals surface area contributed by atoms with Crippen molar-refractivity contribution in [2.75, 3.05) is 56.5 Å². The van der Waals surface area contributed by atoms with E-state index in [-0.39, 0.29) is 42.4 Å². The van der Waals surface area contributed by atoms with Crippen LogP contribution in [0.2, 0.25) is 0 Å². The molecule has 25 heteroatoms. The highest BCUT2D eigenvalue weighted by Gasteiger charge is 2.37. The van der Waals surface area contributed by atoms with Gasteiger partial charge >= 0.3 is 12.4 Å². The molecule has 17 nitrogen and oxygen atoms in total. The third-order valence-corrected chi connectivity index (χ3v) is 13.7. The monoisotopic (exact) mass is 1030 g/mol. The number of anilines is 8. The second-order valence-corrected chi connectivity index (χ2v) is 20.5. The van der Waals surface area contributed by atoms with Crippen LogP contribution in [0.5, 0.6) is 0 Å². The molecule has 3 heterocycles. The second kappa shape index (κ2) is 20.5. The minimum atomic E-state index is -4.73. The van der Waals surface area contributed by atoms with Crippen LogP contribution in [0, 0.1) is 0 Å². The van der Waals surface area contributed by atoms with Crippen LogP contribution in [0.3, 0.4) is 0 Å². The molecule has 3 aromatic heterocycles. The molecule has 0 atom stereocenters. The smallest absolute Gasteiger partial charge is 0.365 e. The van der Waals surface area contributed by atoms with Gasteiger partial charge in [0.05, 0.1) is 18.2 Å². The Bertz CT molecular complexity index is 3230. The third kappa shape index (κ3) is 12.9. The number of ketones is 2. The summed E-state index contributed by atoms with van der Waals surface area (Å²) < 4.78 is 132. The van der Waals surface area contributed by atoms with E-state index in [1.807, 2.05) is 12.1 Å². The van der Waals surface area contributed by atoms with Crippen molar-refractivity contribution in [1.29, 1.82) is 0 Å². The summed E-state index contributed by atoms with van der Waals surface area (Å²) in [7, 11) is -4.53. The van der Waals surface area contributed by atoms with Crippen molar-refractivity contribution >= 4 is 78.0 Å². The number of aromatic nitrogens is 5. The first-order valence-electron chi connectivity index (χ1n) is 21.4. The summed E-state index contributed by atoms with van der Waals surface area (Å²) in [5.74, 6) is -0.692. The number of sulfonamides is 2. The van der Waals surface area contributed by atoms with E-state index >= 15 is 0 Å². The Kier molecular flexibility index (Phi) is 14.9. The molecule has 3 aromatic carbocycles. The SMILES string of the molecule is CN(c1ccccc1CNc1nc(Nc2ccc3c(c2)CCC(=O)C3)ncc1C(F)(F)F)S(C)(=O)=O.CN(c1ncccc1CNc1nc(Nc2ccc3c(c2)CC(=O)C3)ncc1C(F)(F)F)S(C)(=O)=O. The molecule has 0 spiro atoms. The van der Waals surface area contributed by atoms with Gasteiger partial charge in [0.2, 0.25) is 31.9 Å². The molecule has 0 amide bonds. The van der Waals surface area contributed by atoms with E-state index < -0.39 is 55.2 Å². The van der Waals surface area contributed by atoms with E-state index in [2.05, 4.69) is 46.2 Å². The molecule has 0 saturated heterocycles. The molecule has 374 valence electrons. The maximum Gasteiger partial charge on any atom is 0.421 e. The first kappa shape index (κ1) is 51.4. The number of alkyl halides is 6. The average molecular weight is 1030 g/mol. The van der Waals surface area contributed by atoms with Crippen molar-refractivity contribution in [2.24, 2.45) is 0 Å². The first-order chi connectivity index (χ1) is 33.3. The van der Waals surface area contributed by atoms with Gasteiger partial charge in [0.1, 0.15) is 40.1 Å². The number of pyridine rings is 1. The minimum absolute atomic E-state index is 0.0427. The third-order valence-electron chi connectivity index (χ3n) is 11.3. The van der Waals surface area contributed by atoms with Crippen LogP contribution >= 0.6 is 0 Å². The van der Waals surface area contributed by atoms with Gasteiger partial charge in [-0.25, -0.2) is 31.8 Å². The van der Waals surface area contributed by atoms with E-state index in [0.29, 0.717) is 72.7 Å². The quantitative estimate of drug-likeness (QED) is 0.0771. The Morgan fingerprint density at radius 3 is 1.63 bits per heavy atom. The molecule has 0 unspecified atom stereocenters. The van der Waals surface area contributed by atoms with Crippen molar-refractivity contribution in [2.45, 2.75) is 57.5 Å². The summed E-state index contributed by atoms with van der Waals surface area (Å²) >= 11 is 0. The Labute approximate surface area is 404 Å². The predicted octanol–water partition coefficient (Wildman–Crippen LogP) is 7.61. The van der Waals surface area contributed by atoms with E-state index in [4.69, 9.17) is 0 Å². The van der Waals surface area contributed by atoms with Gasteiger partial charge in [-0.2, -0.15) is 36.3 Å². The molecule has 6 aromatic rings. The lowest BCUT2D eigenvalue weighted by atomic mass is 9.90. The van der Waals surface area contributed by atoms with Crippen molar-refractivity contribution < 1.29 is 52.8 Å². The van der Waals surface area contributed by atoms with Crippen molar-refractivity contribution in [3.8, 4) is 0 Å². The fraction of sp³-hybridized carbons (Fsp3) is 0.283. The zero-order valence-corrected chi connectivity index (χ0v) is 39.9. The lowest BCUT2D eigenvalue weighted by Gasteiger charge is -2.21. The fourth-order valence-electron chi connectivity index (χ4n) is 7.55. The summed E-state index contributed by atoms with van der Waals surface area (Å²) in [4.78, 5) is 43.1. The van der Waals surface area contributed by atoms with Crippen LogP contribution in [-0.4, -0.2) is 79.9 Å². The van der Waals surface area contributed by atoms with E-state index in [9.17, 15) is 52.8 Å². The zero-order chi connectivity index (χ0) is 51.5. The number of Topliss-reactive ketones (excluding diaryl/α,β-unsaturated/α-hetero) is 2. The molecule has 0 aliphatic heterocycles. The Hall–Kier alpha value is -7.41. The average Bonchev–Trinajstić information content (AvgIpc) is 3.68. The maximum absolute atomic E-state index is 13.7. The van der Waals surface area contributed by atoms with E-state index in [1.54, 1.807) is 60.7 Å². The Morgan fingerprint density at radius 2 is 1.07 bits per heavy atom. The van der Waals surface area contributed by atoms with Crippen molar-refractivity contribution in [1.82, 2.24) is 24.9 Å². The number of carbonyl (C=O) groups excluding carboxylic acids is 2. The second-order valence-electron chi connectivity index (χ2n) is 16.5. The van der Waals surface area contributed by atoms with Gasteiger partial charge < -0.3 is 21.3 Å². The summed E-state index contributed by atoms with van der Waals surface area (Å²) in [6.45, 7) is -0.286. The van der Waals surface area contributed by atoms with Gasteiger partial charge in [-0.1, -0.05) is 36.4 Å². The number of hydrogen-bond donors (Lipinski definition) is 4. The van der Waals surface area contributed by atoms with Crippen molar-refractivity contribution in [3.63, 3.8) is 0 Å². The standard InChI is InChI=1S/C24H24F3N5O3S.C22H21F3N6O3S/c1-32(36(2,34)35)21-6-4-3-5-17(21)13-28-22-20(24(25,26)27)14-29-23(31-22)30-18-9-7-16-12-19(33)10-8-15(16)11-18;1-31(35(2,33)34)20-14(4-3-7-26-20)11-27-19-18(22(23,24)25)12-28-21(30-19)29-16-6-5-13-9-17(32)10-15(13)8-16/h3-7,9,11,14H,8,10,12-13H2,1-2H3,(H2,28,29,30,31);3-8,12H,9-11H2,1-2H3,(H2,27,28,29,30). The number of halogens is 6. The number of fused-ring (bicyclic) bond motifs is 2. The number of hydrogen-bond acceptors (Lipinski definition) is 15. The zero-order valence-electron chi connectivity index (χ0n) is 38.3. The number of aryl methyl sites for hydroxylation is 1. The molecule has 71 heavy (non-hydrogen) atoms. The number of rotatable bonds is 14. The maximum atomic E-state index is 13.7. The molecule has 0 saturated carbocycles. The number of nitrogens with zero attached hydrogens (tertiary/aromatic N) is 7. The number of para-hydroxylation sites is 1. The van der Waals surface area contributed by atoms with Gasteiger partial charge in [0.25, 0.3) is 0 Å². The molecular formula is C46H45F6N11O6S2. The molecule has 0 bridgehead atoms. The van der Waals surface area contributed by atoms with Gasteiger partial charge in [0, 0.05) is 88.4 Å². The Morgan fingerprint density at radius 1 is 0.577 bits per heavy atom. The minimum Gasteiger partial charge on any atom is -0.365 e. The lowest BCUT2D eigenvalue weighted by molar-refractivity contribution is -0.138. The van der Waals surface area contributed by atoms with Gasteiger partial charge in [0.15, 0.2) is 0 Å². The number of nitrogens with one attached hydrogen (secondary N) is 4. The Balaban J connectivity index is 0.000000209. The molecule has 0 radical (unpaired) electrons. The van der Waals surface area contributed by atoms with Gasteiger partial charge in [-0.05, 0) is 70.6 Å². The van der Waals surface area contributed by atoms with Crippen LogP contribution in [0.25, 0.3) is 0 Å². The summed E-state index contributed by atoms with van der Waals surface area (Å²) in [6.07, 6.45) is -2.54. The van der Waals surface area contributed by atoms with Crippen LogP contribution < -0.4 is 29.9 Å². The normalized spacial score (nSPS) is 13.6. The first-order valence-corrected chi connectivity index (χ1v) is 25.1. The van der Waals surface area contributed by atoms with E-state index in [1.165, 1.54) is 20.3 Å². The van der Waals surface area contributed by atoms with Crippen molar-refractivity contribution in [3.05, 3.63) is 136 Å². The highest BCUT2D eigenvalue weighted by Crippen LogP contribution is 2.37. The lowest BCUT2D eigenvalue weighted by Crippen LogP contribution is -2.27. The molecule has 8 rings (SSSR count). The molecule has 4 N–H and O–H groups in total. The number of benzene rings is 3. The predicted molar refractivity (Wildman–Crippen MR) is 255 cm³/mol. The summed E-state index contributed by atoms with van der Waals surface area (Å²) in [5, 5.41) is 11.1. The van der Waals surface area contributed by atoms with Crippen LogP contribution in [0.1, 0.15) is 50.9 Å². The molecular weight excluding hydrogens is 981 g/mol. The highest BCUT2D eigenvalue weighted by molar-refractivity contribution is 7.92. The molecule has 2 aliphatic carbocycles. The molecule has 2 aliphatic rings. The number of carbonyl (C=O) groups is 2. The summed E-state index contributed by atoms with van der Waals surface area (Å²) in [6, 6.07) is 20.2. The van der Waals surface area contributed by atoms with Crippen LogP contribution in [-0.2, 0) is 80.8 Å². The fourth-order valence-corrected chi connectivity index (χ4v) is 8.57. The summed E-state index contributed by atoms with van der Waals surface area (Å²) in [5.41, 5.74) is 3.85. The van der Waals surface area contributed by atoms with Crippen LogP contribution in [0.4, 0.5) is 72.8 Å². The van der Waals surface area contributed by atoms with Gasteiger partial charge in [-0.3, -0.25) is 18.2 Å². The van der Waals surface area contributed by atoms with E-state index in [0.717, 1.165) is 43.4 Å². The largest absolute Gasteiger partial charge is 0.421 e.